The van der Waals surface area contributed by atoms with Gasteiger partial charge in [-0.2, -0.15) is 0 Å². The first-order valence-electron chi connectivity index (χ1n) is 12.0. The number of aromatic amines is 1. The Morgan fingerprint density at radius 2 is 1.79 bits per heavy atom. The van der Waals surface area contributed by atoms with Gasteiger partial charge in [0.1, 0.15) is 23.2 Å². The fourth-order valence-electron chi connectivity index (χ4n) is 4.64. The molecule has 0 spiro atoms. The molecule has 5 aromatic rings. The molecule has 194 valence electrons. The Kier molecular flexibility index (Phi) is 6.77. The molecule has 0 radical (unpaired) electrons. The van der Waals surface area contributed by atoms with Crippen LogP contribution in [0.15, 0.2) is 81.6 Å². The number of para-hydroxylation sites is 1. The second kappa shape index (κ2) is 10.0. The van der Waals surface area contributed by atoms with Crippen LogP contribution < -0.4 is 16.3 Å². The first-order chi connectivity index (χ1) is 18.2. The highest BCUT2D eigenvalue weighted by Gasteiger charge is 2.27. The van der Waals surface area contributed by atoms with E-state index in [-0.39, 0.29) is 37.7 Å². The summed E-state index contributed by atoms with van der Waals surface area (Å²) >= 11 is 6.98. The average molecular weight is 550 g/mol. The Labute approximate surface area is 223 Å². The summed E-state index contributed by atoms with van der Waals surface area (Å²) in [5, 5.41) is 4.06. The van der Waals surface area contributed by atoms with Crippen LogP contribution in [0.5, 0.6) is 0 Å². The molecular formula is C27H24ClN5O4S. The number of nitrogens with one attached hydrogen (secondary N) is 2. The molecule has 0 saturated carbocycles. The number of fused-ring (bicyclic) bond motifs is 2. The molecule has 1 atom stereocenters. The number of hydrogen-bond acceptors (Lipinski definition) is 7. The molecule has 0 amide bonds. The topological polar surface area (TPSA) is 127 Å². The van der Waals surface area contributed by atoms with Crippen molar-refractivity contribution in [2.75, 3.05) is 11.1 Å². The fraction of sp³-hybridized carbons (Fsp3) is 0.185. The third-order valence-electron chi connectivity index (χ3n) is 6.28. The molecule has 2 N–H and O–H groups in total. The van der Waals surface area contributed by atoms with Crippen molar-refractivity contribution in [3.8, 4) is 5.69 Å². The van der Waals surface area contributed by atoms with Crippen LogP contribution in [0.4, 0.5) is 5.82 Å². The van der Waals surface area contributed by atoms with Crippen LogP contribution in [0.3, 0.4) is 0 Å². The number of rotatable bonds is 7. The molecule has 0 bridgehead atoms. The quantitative estimate of drug-likeness (QED) is 0.303. The molecule has 3 heterocycles. The third-order valence-corrected chi connectivity index (χ3v) is 8.63. The van der Waals surface area contributed by atoms with Gasteiger partial charge in [0.25, 0.3) is 5.56 Å². The van der Waals surface area contributed by atoms with Gasteiger partial charge < -0.3 is 10.3 Å². The standard InChI is InChI=1S/C27H24ClN5O4S/c1-3-14-38(36,37)20-11-7-10-18-21(20)27(35)33(17-8-5-4-6-9-17)24(23(18)28)16(2)32-26-22-19(34)12-13-29-25(22)30-15-31-26/h4-13,15-16H,3,14H2,1-2H3,(H2,29,30,31,32,34)/t16-/m0/s1. The van der Waals surface area contributed by atoms with Gasteiger partial charge in [-0.1, -0.05) is 48.9 Å². The van der Waals surface area contributed by atoms with E-state index in [1.165, 1.54) is 29.2 Å². The molecule has 5 rings (SSSR count). The molecule has 0 aliphatic heterocycles. The third kappa shape index (κ3) is 4.35. The molecule has 9 nitrogen and oxygen atoms in total. The van der Waals surface area contributed by atoms with Gasteiger partial charge in [0.2, 0.25) is 0 Å². The van der Waals surface area contributed by atoms with Crippen molar-refractivity contribution < 1.29 is 8.42 Å². The number of nitrogens with zero attached hydrogens (tertiary/aromatic N) is 3. The van der Waals surface area contributed by atoms with E-state index in [1.54, 1.807) is 50.2 Å². The normalized spacial score (nSPS) is 12.6. The molecule has 0 saturated heterocycles. The average Bonchev–Trinajstić information content (AvgIpc) is 2.90. The van der Waals surface area contributed by atoms with E-state index in [2.05, 4.69) is 20.3 Å². The number of anilines is 1. The largest absolute Gasteiger partial charge is 0.361 e. The van der Waals surface area contributed by atoms with Crippen molar-refractivity contribution in [2.45, 2.75) is 31.2 Å². The van der Waals surface area contributed by atoms with E-state index in [9.17, 15) is 18.0 Å². The van der Waals surface area contributed by atoms with E-state index in [0.717, 1.165) is 0 Å². The smallest absolute Gasteiger partial charge is 0.264 e. The first-order valence-corrected chi connectivity index (χ1v) is 14.0. The zero-order valence-electron chi connectivity index (χ0n) is 20.6. The Bertz CT molecular complexity index is 1900. The highest BCUT2D eigenvalue weighted by atomic mass is 35.5. The molecule has 0 aliphatic rings. The van der Waals surface area contributed by atoms with Crippen LogP contribution >= 0.6 is 11.6 Å². The maximum absolute atomic E-state index is 14.1. The lowest BCUT2D eigenvalue weighted by molar-refractivity contribution is 0.595. The summed E-state index contributed by atoms with van der Waals surface area (Å²) in [6, 6.07) is 14.3. The van der Waals surface area contributed by atoms with Gasteiger partial charge >= 0.3 is 0 Å². The molecule has 0 aliphatic carbocycles. The number of halogens is 1. The summed E-state index contributed by atoms with van der Waals surface area (Å²) in [4.78, 5) is 38.0. The lowest BCUT2D eigenvalue weighted by atomic mass is 10.1. The Morgan fingerprint density at radius 3 is 2.53 bits per heavy atom. The minimum absolute atomic E-state index is 0.0367. The molecule has 2 aromatic carbocycles. The van der Waals surface area contributed by atoms with Gasteiger partial charge in [0.05, 0.1) is 32.8 Å². The first kappa shape index (κ1) is 25.6. The monoisotopic (exact) mass is 549 g/mol. The van der Waals surface area contributed by atoms with E-state index >= 15 is 0 Å². The van der Waals surface area contributed by atoms with Crippen molar-refractivity contribution in [3.05, 3.63) is 98.4 Å². The number of sulfone groups is 1. The van der Waals surface area contributed by atoms with Crippen LogP contribution in [-0.2, 0) is 9.84 Å². The van der Waals surface area contributed by atoms with Gasteiger partial charge in [-0.15, -0.1) is 0 Å². The molecule has 0 unspecified atom stereocenters. The molecule has 0 fully saturated rings. The maximum Gasteiger partial charge on any atom is 0.264 e. The van der Waals surface area contributed by atoms with Crippen LogP contribution in [0.1, 0.15) is 32.0 Å². The van der Waals surface area contributed by atoms with E-state index in [0.29, 0.717) is 28.8 Å². The van der Waals surface area contributed by atoms with Crippen molar-refractivity contribution in [3.63, 3.8) is 0 Å². The zero-order chi connectivity index (χ0) is 27.0. The predicted molar refractivity (Wildman–Crippen MR) is 149 cm³/mol. The summed E-state index contributed by atoms with van der Waals surface area (Å²) in [6.07, 6.45) is 3.23. The van der Waals surface area contributed by atoms with Crippen LogP contribution in [0, 0.1) is 0 Å². The van der Waals surface area contributed by atoms with E-state index in [4.69, 9.17) is 11.6 Å². The van der Waals surface area contributed by atoms with Crippen molar-refractivity contribution in [1.29, 1.82) is 0 Å². The lowest BCUT2D eigenvalue weighted by Crippen LogP contribution is -2.28. The zero-order valence-corrected chi connectivity index (χ0v) is 22.2. The Hall–Kier alpha value is -4.02. The Morgan fingerprint density at radius 1 is 1.03 bits per heavy atom. The van der Waals surface area contributed by atoms with Crippen molar-refractivity contribution in [1.82, 2.24) is 19.5 Å². The molecule has 38 heavy (non-hydrogen) atoms. The Balaban J connectivity index is 1.80. The number of H-pyrrole nitrogens is 1. The second-order valence-electron chi connectivity index (χ2n) is 8.83. The van der Waals surface area contributed by atoms with Crippen LogP contribution in [0.25, 0.3) is 27.5 Å². The van der Waals surface area contributed by atoms with Gasteiger partial charge in [0, 0.05) is 23.3 Å². The molecule has 3 aromatic heterocycles. The van der Waals surface area contributed by atoms with Crippen LogP contribution in [0.2, 0.25) is 5.02 Å². The summed E-state index contributed by atoms with van der Waals surface area (Å²) < 4.78 is 27.7. The number of pyridine rings is 2. The molecule has 11 heteroatoms. The van der Waals surface area contributed by atoms with Gasteiger partial charge in [0.15, 0.2) is 15.3 Å². The summed E-state index contributed by atoms with van der Waals surface area (Å²) in [7, 11) is -3.73. The SMILES string of the molecule is CCCS(=O)(=O)c1cccc2c(Cl)c([C@H](C)Nc3ncnc4[nH]ccc(=O)c34)n(-c3ccccc3)c(=O)c12. The lowest BCUT2D eigenvalue weighted by Gasteiger charge is -2.24. The number of aromatic nitrogens is 4. The molecular weight excluding hydrogens is 526 g/mol. The van der Waals surface area contributed by atoms with E-state index < -0.39 is 21.4 Å². The summed E-state index contributed by atoms with van der Waals surface area (Å²) in [5.74, 6) is 0.177. The fourth-order valence-corrected chi connectivity index (χ4v) is 6.60. The van der Waals surface area contributed by atoms with Crippen LogP contribution in [-0.4, -0.2) is 33.7 Å². The predicted octanol–water partition coefficient (Wildman–Crippen LogP) is 4.63. The highest BCUT2D eigenvalue weighted by Crippen LogP contribution is 2.35. The van der Waals surface area contributed by atoms with Gasteiger partial charge in [-0.3, -0.25) is 14.2 Å². The minimum atomic E-state index is -3.73. The minimum Gasteiger partial charge on any atom is -0.361 e. The number of benzene rings is 2. The summed E-state index contributed by atoms with van der Waals surface area (Å²) in [5.41, 5.74) is 0.473. The number of hydrogen-bond donors (Lipinski definition) is 2. The van der Waals surface area contributed by atoms with E-state index in [1.807, 2.05) is 6.07 Å². The van der Waals surface area contributed by atoms with Gasteiger partial charge in [-0.05, 0) is 31.5 Å². The van der Waals surface area contributed by atoms with Gasteiger partial charge in [-0.25, -0.2) is 18.4 Å². The second-order valence-corrected chi connectivity index (χ2v) is 11.3. The van der Waals surface area contributed by atoms with Crippen molar-refractivity contribution in [2.24, 2.45) is 0 Å². The highest BCUT2D eigenvalue weighted by molar-refractivity contribution is 7.91. The maximum atomic E-state index is 14.1. The van der Waals surface area contributed by atoms with Crippen molar-refractivity contribution >= 4 is 49.1 Å². The summed E-state index contributed by atoms with van der Waals surface area (Å²) in [6.45, 7) is 3.56.